The molecule has 2 aromatic rings. The number of hydrogen-bond donors (Lipinski definition) is 3. The van der Waals surface area contributed by atoms with Gasteiger partial charge in [0.15, 0.2) is 0 Å². The molecule has 186 valence electrons. The summed E-state index contributed by atoms with van der Waals surface area (Å²) in [5.41, 5.74) is 4.16. The van der Waals surface area contributed by atoms with Gasteiger partial charge >= 0.3 is 6.03 Å². The Balaban J connectivity index is 0.00000304. The van der Waals surface area contributed by atoms with E-state index >= 15 is 0 Å². The van der Waals surface area contributed by atoms with E-state index in [0.29, 0.717) is 22.9 Å². The van der Waals surface area contributed by atoms with E-state index in [4.69, 9.17) is 11.6 Å². The summed E-state index contributed by atoms with van der Waals surface area (Å²) in [6.07, 6.45) is 1.75. The first-order chi connectivity index (χ1) is 16.9. The lowest BCUT2D eigenvalue weighted by Gasteiger charge is -2.19. The molecule has 11 heteroatoms. The van der Waals surface area contributed by atoms with Crippen molar-refractivity contribution in [3.63, 3.8) is 0 Å². The Bertz CT molecular complexity index is 1490. The standard InChI is InChI=1S/C25H23ClFN7O.ClH/c1-3-28-24-30-13-15-11-17(23-29-8-9-34(23)22(15)33-24)16-12-21(19(27)10-14(16)2)32-25(35)31-20-7-5-4-6-18(20)26;/h4-7,10-13,29H,3,8-9H2,1-2H3,(H2,31,32,35);1H. The van der Waals surface area contributed by atoms with Gasteiger partial charge in [-0.05, 0) is 55.3 Å². The Hall–Kier alpha value is -3.69. The SMILES string of the molecule is CCN=c1ncc2cc(-c3cc(NC(=O)Nc4ccccc4Cl)c(F)cc3C)c3n(c-2n1)CCN3.Cl. The number of pyridine rings is 1. The van der Waals surface area contributed by atoms with E-state index in [9.17, 15) is 9.18 Å². The van der Waals surface area contributed by atoms with Crippen molar-refractivity contribution in [2.45, 2.75) is 20.4 Å². The van der Waals surface area contributed by atoms with Gasteiger partial charge in [-0.25, -0.2) is 19.2 Å². The van der Waals surface area contributed by atoms with Gasteiger partial charge < -0.3 is 20.5 Å². The number of carbonyl (C=O) groups is 1. The van der Waals surface area contributed by atoms with Crippen LogP contribution in [0, 0.1) is 12.7 Å². The number of carbonyl (C=O) groups excluding carboxylic acids is 1. The van der Waals surface area contributed by atoms with Crippen LogP contribution < -0.4 is 21.6 Å². The number of nitrogens with zero attached hydrogens (tertiary/aromatic N) is 4. The van der Waals surface area contributed by atoms with E-state index in [-0.39, 0.29) is 18.1 Å². The first kappa shape index (κ1) is 25.4. The Morgan fingerprint density at radius 2 is 1.97 bits per heavy atom. The minimum Gasteiger partial charge on any atom is -0.369 e. The Labute approximate surface area is 218 Å². The van der Waals surface area contributed by atoms with Crippen LogP contribution in [0.1, 0.15) is 12.5 Å². The van der Waals surface area contributed by atoms with Crippen molar-refractivity contribution in [2.75, 3.05) is 29.0 Å². The number of urea groups is 1. The summed E-state index contributed by atoms with van der Waals surface area (Å²) < 4.78 is 16.9. The molecule has 0 radical (unpaired) electrons. The summed E-state index contributed by atoms with van der Waals surface area (Å²) in [5.74, 6) is 1.13. The highest BCUT2D eigenvalue weighted by Crippen LogP contribution is 2.39. The normalized spacial score (nSPS) is 12.6. The monoisotopic (exact) mass is 527 g/mol. The lowest BCUT2D eigenvalue weighted by Crippen LogP contribution is -2.20. The van der Waals surface area contributed by atoms with Crippen molar-refractivity contribution < 1.29 is 9.18 Å². The second-order valence-electron chi connectivity index (χ2n) is 8.11. The maximum atomic E-state index is 14.8. The van der Waals surface area contributed by atoms with Crippen LogP contribution in [-0.2, 0) is 6.54 Å². The van der Waals surface area contributed by atoms with Crippen LogP contribution in [0.25, 0.3) is 22.5 Å². The number of halogens is 3. The number of rotatable bonds is 4. The molecule has 3 aliphatic heterocycles. The zero-order valence-electron chi connectivity index (χ0n) is 19.6. The molecule has 0 fully saturated rings. The van der Waals surface area contributed by atoms with Crippen molar-refractivity contribution in [3.05, 3.63) is 70.7 Å². The summed E-state index contributed by atoms with van der Waals surface area (Å²) >= 11 is 6.12. The topological polar surface area (TPSA) is 96.2 Å². The van der Waals surface area contributed by atoms with Gasteiger partial charge in [-0.15, -0.1) is 12.4 Å². The third-order valence-electron chi connectivity index (χ3n) is 5.77. The van der Waals surface area contributed by atoms with E-state index in [0.717, 1.165) is 47.0 Å². The minimum absolute atomic E-state index is 0. The summed E-state index contributed by atoms with van der Waals surface area (Å²) in [7, 11) is 0. The number of anilines is 3. The summed E-state index contributed by atoms with van der Waals surface area (Å²) in [6, 6.07) is 11.3. The number of aromatic nitrogens is 3. The second kappa shape index (κ2) is 10.5. The largest absolute Gasteiger partial charge is 0.369 e. The fourth-order valence-electron chi connectivity index (χ4n) is 4.18. The molecule has 0 saturated heterocycles. The highest BCUT2D eigenvalue weighted by molar-refractivity contribution is 6.33. The van der Waals surface area contributed by atoms with Gasteiger partial charge in [-0.1, -0.05) is 23.7 Å². The van der Waals surface area contributed by atoms with E-state index in [2.05, 4.69) is 35.5 Å². The smallest absolute Gasteiger partial charge is 0.323 e. The quantitative estimate of drug-likeness (QED) is 0.323. The van der Waals surface area contributed by atoms with Crippen LogP contribution >= 0.6 is 24.0 Å². The minimum atomic E-state index is -0.594. The van der Waals surface area contributed by atoms with Gasteiger partial charge in [0.2, 0.25) is 5.62 Å². The van der Waals surface area contributed by atoms with Gasteiger partial charge in [-0.3, -0.25) is 0 Å². The summed E-state index contributed by atoms with van der Waals surface area (Å²) in [6.45, 7) is 5.84. The molecular weight excluding hydrogens is 504 g/mol. The number of aryl methyl sites for hydroxylation is 1. The molecule has 0 saturated carbocycles. The molecule has 3 N–H and O–H groups in total. The van der Waals surface area contributed by atoms with Crippen LogP contribution in [0.3, 0.4) is 0 Å². The maximum Gasteiger partial charge on any atom is 0.323 e. The number of amides is 2. The molecule has 0 spiro atoms. The summed E-state index contributed by atoms with van der Waals surface area (Å²) in [4.78, 5) is 25.9. The van der Waals surface area contributed by atoms with Crippen molar-refractivity contribution in [1.29, 1.82) is 0 Å². The lowest BCUT2D eigenvalue weighted by atomic mass is 9.98. The van der Waals surface area contributed by atoms with E-state index in [1.165, 1.54) is 6.07 Å². The summed E-state index contributed by atoms with van der Waals surface area (Å²) in [5, 5.41) is 9.06. The number of hydrogen-bond acceptors (Lipinski definition) is 5. The van der Waals surface area contributed by atoms with E-state index in [1.807, 2.05) is 19.9 Å². The van der Waals surface area contributed by atoms with Gasteiger partial charge in [0.05, 0.1) is 16.4 Å². The molecular formula is C25H24Cl2FN7O. The third-order valence-corrected chi connectivity index (χ3v) is 6.10. The zero-order chi connectivity index (χ0) is 24.5. The Morgan fingerprint density at radius 1 is 1.19 bits per heavy atom. The zero-order valence-corrected chi connectivity index (χ0v) is 21.2. The molecule has 3 aliphatic rings. The van der Waals surface area contributed by atoms with Gasteiger partial charge in [-0.2, -0.15) is 4.98 Å². The van der Waals surface area contributed by atoms with Crippen molar-refractivity contribution in [1.82, 2.24) is 14.5 Å². The Morgan fingerprint density at radius 3 is 2.75 bits per heavy atom. The van der Waals surface area contributed by atoms with Crippen molar-refractivity contribution in [2.24, 2.45) is 4.99 Å². The number of benzene rings is 2. The number of fused-ring (bicyclic) bond motifs is 3. The van der Waals surface area contributed by atoms with Crippen LogP contribution in [0.2, 0.25) is 5.02 Å². The molecule has 2 amide bonds. The van der Waals surface area contributed by atoms with Crippen LogP contribution in [0.15, 0.2) is 53.7 Å². The fraction of sp³-hybridized carbons (Fsp3) is 0.200. The molecule has 0 aromatic heterocycles. The van der Waals surface area contributed by atoms with Crippen molar-refractivity contribution in [3.8, 4) is 22.5 Å². The van der Waals surface area contributed by atoms with E-state index in [1.54, 1.807) is 36.5 Å². The molecule has 3 heterocycles. The average molecular weight is 528 g/mol. The molecule has 2 aromatic carbocycles. The molecule has 8 nitrogen and oxygen atoms in total. The van der Waals surface area contributed by atoms with Crippen molar-refractivity contribution >= 4 is 47.2 Å². The second-order valence-corrected chi connectivity index (χ2v) is 8.52. The highest BCUT2D eigenvalue weighted by Gasteiger charge is 2.24. The van der Waals surface area contributed by atoms with Crippen LogP contribution in [-0.4, -0.2) is 33.7 Å². The third kappa shape index (κ3) is 4.84. The molecule has 36 heavy (non-hydrogen) atoms. The van der Waals surface area contributed by atoms with E-state index < -0.39 is 11.8 Å². The van der Waals surface area contributed by atoms with Gasteiger partial charge in [0.25, 0.3) is 0 Å². The molecule has 0 unspecified atom stereocenters. The number of para-hydroxylation sites is 1. The molecule has 0 aliphatic carbocycles. The first-order valence-electron chi connectivity index (χ1n) is 11.2. The predicted octanol–water partition coefficient (Wildman–Crippen LogP) is 5.56. The molecule has 5 rings (SSSR count). The molecule has 0 bridgehead atoms. The predicted molar refractivity (Wildman–Crippen MR) is 143 cm³/mol. The fourth-order valence-corrected chi connectivity index (χ4v) is 4.36. The maximum absolute atomic E-state index is 14.8. The number of nitrogens with one attached hydrogen (secondary N) is 3. The lowest BCUT2D eigenvalue weighted by molar-refractivity contribution is 0.262. The highest BCUT2D eigenvalue weighted by atomic mass is 35.5. The Kier molecular flexibility index (Phi) is 7.42. The van der Waals surface area contributed by atoms with Gasteiger partial charge in [0, 0.05) is 37.0 Å². The average Bonchev–Trinajstić information content (AvgIpc) is 3.33. The van der Waals surface area contributed by atoms with Crippen LogP contribution in [0.5, 0.6) is 0 Å². The van der Waals surface area contributed by atoms with Crippen LogP contribution in [0.4, 0.5) is 26.4 Å². The molecule has 0 atom stereocenters. The first-order valence-corrected chi connectivity index (χ1v) is 11.6. The van der Waals surface area contributed by atoms with Gasteiger partial charge in [0.1, 0.15) is 17.5 Å².